The molecule has 0 aromatic heterocycles. The third-order valence-electron chi connectivity index (χ3n) is 3.45. The molecule has 2 rings (SSSR count). The topological polar surface area (TPSA) is 120 Å². The number of benzene rings is 1. The van der Waals surface area contributed by atoms with Crippen molar-refractivity contribution >= 4 is 39.6 Å². The van der Waals surface area contributed by atoms with E-state index in [0.717, 1.165) is 0 Å². The van der Waals surface area contributed by atoms with Crippen LogP contribution in [0.2, 0.25) is 0 Å². The lowest BCUT2D eigenvalue weighted by molar-refractivity contribution is -0.139. The van der Waals surface area contributed by atoms with Crippen LogP contribution < -0.4 is 16.4 Å². The number of urea groups is 1. The molecule has 0 radical (unpaired) electrons. The summed E-state index contributed by atoms with van der Waals surface area (Å²) in [4.78, 5) is 36.0. The number of carbonyl (C=O) groups is 3. The Balaban J connectivity index is 2.21. The summed E-state index contributed by atoms with van der Waals surface area (Å²) in [5.41, 5.74) is 6.59. The number of amides is 2. The lowest BCUT2D eigenvalue weighted by Gasteiger charge is -2.26. The second-order valence-corrected chi connectivity index (χ2v) is 6.16. The van der Waals surface area contributed by atoms with Gasteiger partial charge in [-0.2, -0.15) is 0 Å². The fourth-order valence-electron chi connectivity index (χ4n) is 2.31. The van der Waals surface area contributed by atoms with Gasteiger partial charge in [0.25, 0.3) is 0 Å². The van der Waals surface area contributed by atoms with Gasteiger partial charge >= 0.3 is 18.0 Å². The number of nitrogens with one attached hydrogen (secondary N) is 2. The summed E-state index contributed by atoms with van der Waals surface area (Å²) in [5, 5.41) is 5.04. The van der Waals surface area contributed by atoms with Crippen LogP contribution in [0.15, 0.2) is 33.9 Å². The van der Waals surface area contributed by atoms with Crippen LogP contribution in [-0.4, -0.2) is 37.2 Å². The van der Waals surface area contributed by atoms with Crippen molar-refractivity contribution in [3.63, 3.8) is 0 Å². The molecule has 1 unspecified atom stereocenters. The molecule has 25 heavy (non-hydrogen) atoms. The lowest BCUT2D eigenvalue weighted by atomic mass is 10.0. The molecular weight excluding hydrogens is 394 g/mol. The third kappa shape index (κ3) is 4.50. The first-order valence-electron chi connectivity index (χ1n) is 7.53. The van der Waals surface area contributed by atoms with E-state index in [2.05, 4.69) is 26.6 Å². The first-order chi connectivity index (χ1) is 11.8. The molecule has 9 heteroatoms. The zero-order chi connectivity index (χ0) is 18.6. The van der Waals surface area contributed by atoms with Gasteiger partial charge in [0.2, 0.25) is 0 Å². The summed E-state index contributed by atoms with van der Waals surface area (Å²) in [6.45, 7) is 3.20. The molecule has 0 saturated heterocycles. The average molecular weight is 412 g/mol. The highest BCUT2D eigenvalue weighted by atomic mass is 79.9. The SMILES string of the molecule is CCOC(=O)C1=C(COC(=O)c2cc(Br)ccc2N)NC(=O)NC1C. The summed E-state index contributed by atoms with van der Waals surface area (Å²) in [5.74, 6) is -1.26. The Labute approximate surface area is 152 Å². The number of halogens is 1. The molecule has 0 fully saturated rings. The van der Waals surface area contributed by atoms with Gasteiger partial charge in [0, 0.05) is 10.2 Å². The summed E-state index contributed by atoms with van der Waals surface area (Å²) in [7, 11) is 0. The molecule has 4 N–H and O–H groups in total. The number of rotatable bonds is 5. The highest BCUT2D eigenvalue weighted by molar-refractivity contribution is 9.10. The van der Waals surface area contributed by atoms with Gasteiger partial charge in [0.05, 0.1) is 29.5 Å². The zero-order valence-corrected chi connectivity index (χ0v) is 15.3. The van der Waals surface area contributed by atoms with Crippen molar-refractivity contribution in [1.29, 1.82) is 0 Å². The second kappa shape index (κ2) is 8.02. The number of anilines is 1. The van der Waals surface area contributed by atoms with E-state index in [-0.39, 0.29) is 35.7 Å². The number of ether oxygens (including phenoxy) is 2. The number of hydrogen-bond donors (Lipinski definition) is 3. The monoisotopic (exact) mass is 411 g/mol. The van der Waals surface area contributed by atoms with Crippen molar-refractivity contribution in [1.82, 2.24) is 10.6 Å². The summed E-state index contributed by atoms with van der Waals surface area (Å²) in [6, 6.07) is 3.73. The van der Waals surface area contributed by atoms with Gasteiger partial charge < -0.3 is 25.8 Å². The van der Waals surface area contributed by atoms with E-state index >= 15 is 0 Å². The van der Waals surface area contributed by atoms with Crippen LogP contribution in [0, 0.1) is 0 Å². The van der Waals surface area contributed by atoms with E-state index in [1.54, 1.807) is 26.0 Å². The second-order valence-electron chi connectivity index (χ2n) is 5.24. The van der Waals surface area contributed by atoms with Crippen molar-refractivity contribution in [3.8, 4) is 0 Å². The van der Waals surface area contributed by atoms with Crippen LogP contribution in [0.4, 0.5) is 10.5 Å². The molecule has 8 nitrogen and oxygen atoms in total. The molecule has 1 heterocycles. The molecule has 1 atom stereocenters. The lowest BCUT2D eigenvalue weighted by Crippen LogP contribution is -2.50. The number of esters is 2. The largest absolute Gasteiger partial charge is 0.463 e. The molecule has 1 aliphatic rings. The first kappa shape index (κ1) is 18.8. The van der Waals surface area contributed by atoms with E-state index in [0.29, 0.717) is 4.47 Å². The van der Waals surface area contributed by atoms with Crippen molar-refractivity contribution in [2.24, 2.45) is 0 Å². The maximum Gasteiger partial charge on any atom is 0.340 e. The molecule has 1 aliphatic heterocycles. The molecule has 1 aromatic carbocycles. The van der Waals surface area contributed by atoms with Crippen molar-refractivity contribution in [2.45, 2.75) is 19.9 Å². The Morgan fingerprint density at radius 3 is 2.68 bits per heavy atom. The van der Waals surface area contributed by atoms with Crippen LogP contribution in [0.25, 0.3) is 0 Å². The predicted octanol–water partition coefficient (Wildman–Crippen LogP) is 1.71. The molecule has 2 amide bonds. The van der Waals surface area contributed by atoms with E-state index in [1.807, 2.05) is 0 Å². The Hall–Kier alpha value is -2.55. The summed E-state index contributed by atoms with van der Waals surface area (Å²) in [6.07, 6.45) is 0. The van der Waals surface area contributed by atoms with Crippen LogP contribution in [0.3, 0.4) is 0 Å². The van der Waals surface area contributed by atoms with E-state index in [4.69, 9.17) is 15.2 Å². The number of hydrogen-bond acceptors (Lipinski definition) is 6. The Morgan fingerprint density at radius 2 is 2.00 bits per heavy atom. The molecule has 0 aliphatic carbocycles. The highest BCUT2D eigenvalue weighted by Gasteiger charge is 2.30. The first-order valence-corrected chi connectivity index (χ1v) is 8.32. The van der Waals surface area contributed by atoms with E-state index in [1.165, 1.54) is 6.07 Å². The van der Waals surface area contributed by atoms with E-state index in [9.17, 15) is 14.4 Å². The minimum atomic E-state index is -0.671. The molecular formula is C16H18BrN3O5. The van der Waals surface area contributed by atoms with Gasteiger partial charge in [-0.1, -0.05) is 15.9 Å². The fraction of sp³-hybridized carbons (Fsp3) is 0.312. The number of carbonyl (C=O) groups excluding carboxylic acids is 3. The summed E-state index contributed by atoms with van der Waals surface area (Å²) < 4.78 is 10.9. The minimum absolute atomic E-state index is 0.177. The molecule has 0 saturated carbocycles. The number of nitrogens with two attached hydrogens (primary N) is 1. The standard InChI is InChI=1S/C16H18BrN3O5/c1-3-24-15(22)13-8(2)19-16(23)20-12(13)7-25-14(21)10-6-9(17)4-5-11(10)18/h4-6,8H,3,7,18H2,1-2H3,(H2,19,20,23). The maximum absolute atomic E-state index is 12.2. The average Bonchev–Trinajstić information content (AvgIpc) is 2.54. The summed E-state index contributed by atoms with van der Waals surface area (Å²) >= 11 is 3.25. The minimum Gasteiger partial charge on any atom is -0.463 e. The quantitative estimate of drug-likeness (QED) is 0.500. The normalized spacial score (nSPS) is 16.8. The molecule has 1 aromatic rings. The van der Waals surface area contributed by atoms with Crippen LogP contribution in [0.5, 0.6) is 0 Å². The molecule has 0 bridgehead atoms. The zero-order valence-electron chi connectivity index (χ0n) is 13.7. The maximum atomic E-state index is 12.2. The predicted molar refractivity (Wildman–Crippen MR) is 93.6 cm³/mol. The van der Waals surface area contributed by atoms with Crippen LogP contribution in [0.1, 0.15) is 24.2 Å². The Bertz CT molecular complexity index is 747. The highest BCUT2D eigenvalue weighted by Crippen LogP contribution is 2.20. The van der Waals surface area contributed by atoms with Gasteiger partial charge in [-0.15, -0.1) is 0 Å². The molecule has 134 valence electrons. The van der Waals surface area contributed by atoms with Gasteiger partial charge in [0.15, 0.2) is 0 Å². The smallest absolute Gasteiger partial charge is 0.340 e. The molecule has 0 spiro atoms. The van der Waals surface area contributed by atoms with Crippen molar-refractivity contribution < 1.29 is 23.9 Å². The van der Waals surface area contributed by atoms with Gasteiger partial charge in [0.1, 0.15) is 6.61 Å². The van der Waals surface area contributed by atoms with Crippen LogP contribution in [-0.2, 0) is 14.3 Å². The van der Waals surface area contributed by atoms with Crippen LogP contribution >= 0.6 is 15.9 Å². The van der Waals surface area contributed by atoms with Crippen molar-refractivity contribution in [2.75, 3.05) is 18.9 Å². The van der Waals surface area contributed by atoms with Crippen molar-refractivity contribution in [3.05, 3.63) is 39.5 Å². The van der Waals surface area contributed by atoms with Gasteiger partial charge in [-0.25, -0.2) is 14.4 Å². The number of nitrogen functional groups attached to an aromatic ring is 1. The Morgan fingerprint density at radius 1 is 1.28 bits per heavy atom. The Kier molecular flexibility index (Phi) is 6.02. The fourth-order valence-corrected chi connectivity index (χ4v) is 2.68. The third-order valence-corrected chi connectivity index (χ3v) is 3.94. The van der Waals surface area contributed by atoms with Gasteiger partial charge in [-0.05, 0) is 32.0 Å². The van der Waals surface area contributed by atoms with E-state index < -0.39 is 24.0 Å². The van der Waals surface area contributed by atoms with Gasteiger partial charge in [-0.3, -0.25) is 0 Å².